The lowest BCUT2D eigenvalue weighted by Gasteiger charge is -2.38. The topological polar surface area (TPSA) is 50.4 Å². The number of alkyl halides is 3. The van der Waals surface area contributed by atoms with Gasteiger partial charge < -0.3 is 15.4 Å². The van der Waals surface area contributed by atoms with Crippen LogP contribution in [0.1, 0.15) is 44.2 Å². The Hall–Kier alpha value is -1.76. The lowest BCUT2D eigenvalue weighted by atomic mass is 9.67. The molecule has 26 heavy (non-hydrogen) atoms. The quantitative estimate of drug-likeness (QED) is 0.833. The number of halogens is 3. The van der Waals surface area contributed by atoms with E-state index in [2.05, 4.69) is 10.6 Å². The number of benzene rings is 1. The molecule has 2 aliphatic rings. The molecule has 3 atom stereocenters. The van der Waals surface area contributed by atoms with E-state index in [1.165, 1.54) is 18.6 Å². The lowest BCUT2D eigenvalue weighted by Crippen LogP contribution is -2.48. The smallest absolute Gasteiger partial charge is 0.422 e. The SMILES string of the molecule is CC(NC(=O)[C@@]12CCCC[C@H]1CNC2)c1ccc(OCC(F)(F)F)cc1. The molecule has 1 saturated heterocycles. The summed E-state index contributed by atoms with van der Waals surface area (Å²) in [5.74, 6) is 0.634. The van der Waals surface area contributed by atoms with E-state index in [1.807, 2.05) is 6.92 Å². The summed E-state index contributed by atoms with van der Waals surface area (Å²) < 4.78 is 41.3. The summed E-state index contributed by atoms with van der Waals surface area (Å²) in [5, 5.41) is 6.47. The van der Waals surface area contributed by atoms with Gasteiger partial charge >= 0.3 is 6.18 Å². The molecule has 0 aromatic heterocycles. The monoisotopic (exact) mass is 370 g/mol. The number of amides is 1. The summed E-state index contributed by atoms with van der Waals surface area (Å²) in [6.07, 6.45) is -0.111. The summed E-state index contributed by atoms with van der Waals surface area (Å²) >= 11 is 0. The van der Waals surface area contributed by atoms with Gasteiger partial charge in [-0.3, -0.25) is 4.79 Å². The van der Waals surface area contributed by atoms with E-state index in [9.17, 15) is 18.0 Å². The molecule has 144 valence electrons. The van der Waals surface area contributed by atoms with Crippen LogP contribution in [-0.2, 0) is 4.79 Å². The zero-order valence-corrected chi connectivity index (χ0v) is 14.9. The average Bonchev–Trinajstić information content (AvgIpc) is 3.05. The largest absolute Gasteiger partial charge is 0.484 e. The van der Waals surface area contributed by atoms with Crippen LogP contribution in [-0.4, -0.2) is 31.8 Å². The fourth-order valence-electron chi connectivity index (χ4n) is 4.13. The Morgan fingerprint density at radius 1 is 1.35 bits per heavy atom. The molecule has 0 bridgehead atoms. The molecule has 1 saturated carbocycles. The molecule has 0 radical (unpaired) electrons. The van der Waals surface area contributed by atoms with Crippen molar-refractivity contribution in [1.29, 1.82) is 0 Å². The van der Waals surface area contributed by atoms with Gasteiger partial charge in [0.1, 0.15) is 5.75 Å². The second kappa shape index (κ2) is 7.47. The van der Waals surface area contributed by atoms with Gasteiger partial charge in [0.05, 0.1) is 11.5 Å². The second-order valence-corrected chi connectivity index (χ2v) is 7.40. The second-order valence-electron chi connectivity index (χ2n) is 7.40. The first-order valence-electron chi connectivity index (χ1n) is 9.11. The molecular formula is C19H25F3N2O2. The molecule has 2 fully saturated rings. The van der Waals surface area contributed by atoms with Crippen LogP contribution in [0.4, 0.5) is 13.2 Å². The third-order valence-corrected chi connectivity index (χ3v) is 5.62. The molecule has 1 aliphatic heterocycles. The zero-order valence-electron chi connectivity index (χ0n) is 14.9. The van der Waals surface area contributed by atoms with Gasteiger partial charge in [0.2, 0.25) is 5.91 Å². The number of carbonyl (C=O) groups is 1. The van der Waals surface area contributed by atoms with Gasteiger partial charge in [-0.05, 0) is 49.9 Å². The maximum Gasteiger partial charge on any atom is 0.422 e. The molecule has 0 spiro atoms. The highest BCUT2D eigenvalue weighted by atomic mass is 19.4. The molecule has 3 rings (SSSR count). The number of hydrogen-bond acceptors (Lipinski definition) is 3. The van der Waals surface area contributed by atoms with E-state index in [0.717, 1.165) is 37.9 Å². The zero-order chi connectivity index (χ0) is 18.8. The first kappa shape index (κ1) is 19.0. The highest BCUT2D eigenvalue weighted by Gasteiger charge is 2.49. The van der Waals surface area contributed by atoms with Gasteiger partial charge in [-0.1, -0.05) is 25.0 Å². The Balaban J connectivity index is 1.60. The molecule has 1 unspecified atom stereocenters. The van der Waals surface area contributed by atoms with Crippen molar-refractivity contribution in [3.05, 3.63) is 29.8 Å². The van der Waals surface area contributed by atoms with Gasteiger partial charge in [0.25, 0.3) is 0 Å². The van der Waals surface area contributed by atoms with Gasteiger partial charge in [-0.2, -0.15) is 13.2 Å². The van der Waals surface area contributed by atoms with Crippen LogP contribution < -0.4 is 15.4 Å². The first-order valence-corrected chi connectivity index (χ1v) is 9.11. The molecule has 1 aliphatic carbocycles. The van der Waals surface area contributed by atoms with Gasteiger partial charge in [-0.25, -0.2) is 0 Å². The minimum atomic E-state index is -4.36. The number of fused-ring (bicyclic) bond motifs is 1. The highest BCUT2D eigenvalue weighted by Crippen LogP contribution is 2.44. The Bertz CT molecular complexity index is 633. The predicted octanol–water partition coefficient (Wildman–Crippen LogP) is 3.58. The maximum absolute atomic E-state index is 13.0. The van der Waals surface area contributed by atoms with Crippen LogP contribution in [0.15, 0.2) is 24.3 Å². The van der Waals surface area contributed by atoms with Crippen molar-refractivity contribution in [1.82, 2.24) is 10.6 Å². The summed E-state index contributed by atoms with van der Waals surface area (Å²) in [5.41, 5.74) is 0.523. The van der Waals surface area contributed by atoms with Crippen LogP contribution in [0, 0.1) is 11.3 Å². The van der Waals surface area contributed by atoms with Crippen molar-refractivity contribution < 1.29 is 22.7 Å². The summed E-state index contributed by atoms with van der Waals surface area (Å²) in [6, 6.07) is 6.18. The van der Waals surface area contributed by atoms with E-state index in [1.54, 1.807) is 12.1 Å². The van der Waals surface area contributed by atoms with Crippen molar-refractivity contribution in [2.24, 2.45) is 11.3 Å². The molecule has 4 nitrogen and oxygen atoms in total. The fourth-order valence-corrected chi connectivity index (χ4v) is 4.13. The van der Waals surface area contributed by atoms with Crippen LogP contribution in [0.25, 0.3) is 0 Å². The summed E-state index contributed by atoms with van der Waals surface area (Å²) in [4.78, 5) is 13.0. The van der Waals surface area contributed by atoms with Gasteiger partial charge in [-0.15, -0.1) is 0 Å². The van der Waals surface area contributed by atoms with Gasteiger partial charge in [0, 0.05) is 6.54 Å². The van der Waals surface area contributed by atoms with E-state index in [0.29, 0.717) is 5.92 Å². The predicted molar refractivity (Wildman–Crippen MR) is 91.8 cm³/mol. The molecule has 1 amide bonds. The van der Waals surface area contributed by atoms with E-state index >= 15 is 0 Å². The maximum atomic E-state index is 13.0. The fraction of sp³-hybridized carbons (Fsp3) is 0.632. The van der Waals surface area contributed by atoms with E-state index in [4.69, 9.17) is 4.74 Å². The third-order valence-electron chi connectivity index (χ3n) is 5.62. The molecule has 7 heteroatoms. The van der Waals surface area contributed by atoms with Crippen LogP contribution in [0.5, 0.6) is 5.75 Å². The van der Waals surface area contributed by atoms with E-state index in [-0.39, 0.29) is 23.1 Å². The Labute approximate surface area is 151 Å². The van der Waals surface area contributed by atoms with Gasteiger partial charge in [0.15, 0.2) is 6.61 Å². The van der Waals surface area contributed by atoms with Crippen molar-refractivity contribution in [3.63, 3.8) is 0 Å². The third kappa shape index (κ3) is 4.14. The number of nitrogens with one attached hydrogen (secondary N) is 2. The van der Waals surface area contributed by atoms with Crippen LogP contribution in [0.3, 0.4) is 0 Å². The Morgan fingerprint density at radius 3 is 2.77 bits per heavy atom. The molecule has 1 heterocycles. The Morgan fingerprint density at radius 2 is 2.08 bits per heavy atom. The summed E-state index contributed by atoms with van der Waals surface area (Å²) in [6.45, 7) is 2.20. The number of hydrogen-bond donors (Lipinski definition) is 2. The molecular weight excluding hydrogens is 345 g/mol. The molecule has 2 N–H and O–H groups in total. The summed E-state index contributed by atoms with van der Waals surface area (Å²) in [7, 11) is 0. The number of ether oxygens (including phenoxy) is 1. The van der Waals surface area contributed by atoms with Crippen molar-refractivity contribution in [2.45, 2.75) is 44.8 Å². The minimum absolute atomic E-state index is 0.0806. The first-order chi connectivity index (χ1) is 12.3. The lowest BCUT2D eigenvalue weighted by molar-refractivity contribution is -0.153. The van der Waals surface area contributed by atoms with E-state index < -0.39 is 12.8 Å². The van der Waals surface area contributed by atoms with Crippen molar-refractivity contribution in [2.75, 3.05) is 19.7 Å². The standard InChI is InChI=1S/C19H25F3N2O2/c1-13(14-5-7-16(8-6-14)26-12-19(20,21)22)24-17(25)18-9-3-2-4-15(18)10-23-11-18/h5-8,13,15,23H,2-4,9-12H2,1H3,(H,24,25)/t13?,15-,18+/m0/s1. The molecule has 1 aromatic carbocycles. The number of carbonyl (C=O) groups excluding carboxylic acids is 1. The van der Waals surface area contributed by atoms with Crippen LogP contribution in [0.2, 0.25) is 0 Å². The molecule has 1 aromatic rings. The van der Waals surface area contributed by atoms with Crippen LogP contribution >= 0.6 is 0 Å². The van der Waals surface area contributed by atoms with Crippen molar-refractivity contribution >= 4 is 5.91 Å². The highest BCUT2D eigenvalue weighted by molar-refractivity contribution is 5.84. The van der Waals surface area contributed by atoms with Crippen molar-refractivity contribution in [3.8, 4) is 5.75 Å². The average molecular weight is 370 g/mol. The minimum Gasteiger partial charge on any atom is -0.484 e. The Kier molecular flexibility index (Phi) is 5.46. The normalized spacial score (nSPS) is 26.8. The number of rotatable bonds is 5.